The van der Waals surface area contributed by atoms with Crippen molar-refractivity contribution in [2.45, 2.75) is 24.3 Å². The number of likely N-dealkylation sites (N-methyl/N-ethyl adjacent to an activating group) is 1. The first kappa shape index (κ1) is 15.9. The van der Waals surface area contributed by atoms with E-state index in [1.807, 2.05) is 0 Å². The molecule has 0 heterocycles. The molecule has 0 aliphatic carbocycles. The quantitative estimate of drug-likeness (QED) is 0.817. The molecule has 0 spiro atoms. The Kier molecular flexibility index (Phi) is 6.24. The topological polar surface area (TPSA) is 40.5 Å². The van der Waals surface area contributed by atoms with Crippen LogP contribution >= 0.6 is 11.8 Å². The molecular formula is C13H17F2NO2S. The van der Waals surface area contributed by atoms with Gasteiger partial charge in [-0.3, -0.25) is 4.79 Å². The van der Waals surface area contributed by atoms with E-state index < -0.39 is 17.7 Å². The first-order chi connectivity index (χ1) is 8.90. The van der Waals surface area contributed by atoms with E-state index in [4.69, 9.17) is 5.11 Å². The van der Waals surface area contributed by atoms with Gasteiger partial charge in [0.05, 0.1) is 6.10 Å². The number of carbonyl (C=O) groups excluding carboxylic acids is 1. The first-order valence-corrected chi connectivity index (χ1v) is 6.88. The number of aliphatic hydroxyl groups is 1. The Morgan fingerprint density at radius 1 is 1.42 bits per heavy atom. The molecule has 19 heavy (non-hydrogen) atoms. The summed E-state index contributed by atoms with van der Waals surface area (Å²) in [5.74, 6) is -1.37. The lowest BCUT2D eigenvalue weighted by Gasteiger charge is -2.18. The van der Waals surface area contributed by atoms with Crippen molar-refractivity contribution in [1.82, 2.24) is 4.90 Å². The van der Waals surface area contributed by atoms with E-state index in [2.05, 4.69) is 0 Å². The molecule has 1 N–H and O–H groups in total. The molecular weight excluding hydrogens is 272 g/mol. The molecule has 1 unspecified atom stereocenters. The van der Waals surface area contributed by atoms with Crippen molar-refractivity contribution in [3.05, 3.63) is 29.8 Å². The number of hydrogen-bond donors (Lipinski definition) is 1. The lowest BCUT2D eigenvalue weighted by Crippen LogP contribution is -2.33. The third-order valence-electron chi connectivity index (χ3n) is 2.44. The fraction of sp³-hybridized carbons (Fsp3) is 0.462. The van der Waals surface area contributed by atoms with Gasteiger partial charge in [0.25, 0.3) is 0 Å². The molecule has 0 bridgehead atoms. The predicted molar refractivity (Wildman–Crippen MR) is 71.0 cm³/mol. The fourth-order valence-corrected chi connectivity index (χ4v) is 2.38. The van der Waals surface area contributed by atoms with Gasteiger partial charge in [0.2, 0.25) is 5.91 Å². The number of benzene rings is 1. The summed E-state index contributed by atoms with van der Waals surface area (Å²) in [6.45, 7) is 1.90. The maximum Gasteiger partial charge on any atom is 0.223 e. The predicted octanol–water partition coefficient (Wildman–Crippen LogP) is 2.29. The van der Waals surface area contributed by atoms with Gasteiger partial charge in [-0.15, -0.1) is 11.8 Å². The van der Waals surface area contributed by atoms with Crippen LogP contribution in [0.25, 0.3) is 0 Å². The summed E-state index contributed by atoms with van der Waals surface area (Å²) in [7, 11) is 1.62. The van der Waals surface area contributed by atoms with Gasteiger partial charge in [-0.1, -0.05) is 0 Å². The van der Waals surface area contributed by atoms with Crippen LogP contribution in [0.5, 0.6) is 0 Å². The molecule has 0 aromatic heterocycles. The van der Waals surface area contributed by atoms with Crippen LogP contribution in [0.3, 0.4) is 0 Å². The number of halogens is 2. The monoisotopic (exact) mass is 289 g/mol. The highest BCUT2D eigenvalue weighted by Crippen LogP contribution is 2.21. The maximum atomic E-state index is 12.9. The van der Waals surface area contributed by atoms with Crippen molar-refractivity contribution in [2.24, 2.45) is 0 Å². The number of amides is 1. The second-order valence-corrected chi connectivity index (χ2v) is 5.47. The molecule has 0 radical (unpaired) electrons. The number of thioether (sulfide) groups is 1. The van der Waals surface area contributed by atoms with Crippen molar-refractivity contribution >= 4 is 17.7 Å². The Balaban J connectivity index is 2.37. The molecule has 0 saturated heterocycles. The van der Waals surface area contributed by atoms with Crippen LogP contribution in [0.15, 0.2) is 23.1 Å². The summed E-state index contributed by atoms with van der Waals surface area (Å²) in [6, 6.07) is 3.66. The number of aliphatic hydroxyl groups excluding tert-OH is 1. The van der Waals surface area contributed by atoms with Gasteiger partial charge >= 0.3 is 0 Å². The van der Waals surface area contributed by atoms with E-state index in [0.717, 1.165) is 12.1 Å². The number of hydrogen-bond acceptors (Lipinski definition) is 3. The fourth-order valence-electron chi connectivity index (χ4n) is 1.51. The van der Waals surface area contributed by atoms with Crippen LogP contribution in [0, 0.1) is 11.6 Å². The smallest absolute Gasteiger partial charge is 0.223 e. The van der Waals surface area contributed by atoms with E-state index in [1.165, 1.54) is 22.7 Å². The second-order valence-electron chi connectivity index (χ2n) is 4.30. The van der Waals surface area contributed by atoms with Crippen molar-refractivity contribution in [3.8, 4) is 0 Å². The normalized spacial score (nSPS) is 12.3. The molecule has 1 atom stereocenters. The summed E-state index contributed by atoms with van der Waals surface area (Å²) in [5, 5.41) is 9.16. The summed E-state index contributed by atoms with van der Waals surface area (Å²) in [4.78, 5) is 13.7. The van der Waals surface area contributed by atoms with E-state index in [1.54, 1.807) is 14.0 Å². The molecule has 0 aliphatic rings. The third-order valence-corrected chi connectivity index (χ3v) is 3.44. The lowest BCUT2D eigenvalue weighted by atomic mass is 10.3. The average Bonchev–Trinajstić information content (AvgIpc) is 2.32. The SMILES string of the molecule is CC(O)CN(C)C(=O)CCSc1ccc(F)c(F)c1. The molecule has 6 heteroatoms. The molecule has 3 nitrogen and oxygen atoms in total. The Morgan fingerprint density at radius 2 is 2.11 bits per heavy atom. The van der Waals surface area contributed by atoms with E-state index in [0.29, 0.717) is 10.6 Å². The molecule has 1 aromatic carbocycles. The summed E-state index contributed by atoms with van der Waals surface area (Å²) in [5.41, 5.74) is 0. The van der Waals surface area contributed by atoms with Crippen LogP contribution in [0.2, 0.25) is 0 Å². The zero-order valence-corrected chi connectivity index (χ0v) is 11.7. The average molecular weight is 289 g/mol. The summed E-state index contributed by atoms with van der Waals surface area (Å²) >= 11 is 1.29. The minimum absolute atomic E-state index is 0.0871. The van der Waals surface area contributed by atoms with Gasteiger partial charge < -0.3 is 10.0 Å². The van der Waals surface area contributed by atoms with E-state index >= 15 is 0 Å². The van der Waals surface area contributed by atoms with Crippen LogP contribution in [-0.2, 0) is 4.79 Å². The minimum Gasteiger partial charge on any atom is -0.392 e. The second kappa shape index (κ2) is 7.45. The van der Waals surface area contributed by atoms with Crippen molar-refractivity contribution in [2.75, 3.05) is 19.3 Å². The van der Waals surface area contributed by atoms with Gasteiger partial charge in [0.15, 0.2) is 11.6 Å². The number of nitrogens with zero attached hydrogens (tertiary/aromatic N) is 1. The summed E-state index contributed by atoms with van der Waals surface area (Å²) in [6.07, 6.45) is -0.278. The molecule has 1 amide bonds. The van der Waals surface area contributed by atoms with Crippen molar-refractivity contribution in [3.63, 3.8) is 0 Å². The Bertz CT molecular complexity index is 441. The number of carbonyl (C=O) groups is 1. The van der Waals surface area contributed by atoms with Crippen LogP contribution in [0.1, 0.15) is 13.3 Å². The Hall–Kier alpha value is -1.14. The van der Waals surface area contributed by atoms with Crippen LogP contribution in [-0.4, -0.2) is 41.4 Å². The van der Waals surface area contributed by atoms with Crippen molar-refractivity contribution in [1.29, 1.82) is 0 Å². The highest BCUT2D eigenvalue weighted by atomic mass is 32.2. The maximum absolute atomic E-state index is 12.9. The zero-order chi connectivity index (χ0) is 14.4. The minimum atomic E-state index is -0.887. The van der Waals surface area contributed by atoms with Gasteiger partial charge in [0, 0.05) is 30.7 Å². The van der Waals surface area contributed by atoms with Gasteiger partial charge in [0.1, 0.15) is 0 Å². The zero-order valence-electron chi connectivity index (χ0n) is 10.9. The van der Waals surface area contributed by atoms with E-state index in [-0.39, 0.29) is 18.9 Å². The third kappa shape index (κ3) is 5.57. The molecule has 1 rings (SSSR count). The Labute approximate surface area is 115 Å². The molecule has 1 aromatic rings. The largest absolute Gasteiger partial charge is 0.392 e. The standard InChI is InChI=1S/C13H17F2NO2S/c1-9(17)8-16(2)13(18)5-6-19-10-3-4-11(14)12(15)7-10/h3-4,7,9,17H,5-6,8H2,1-2H3. The van der Waals surface area contributed by atoms with Gasteiger partial charge in [-0.2, -0.15) is 0 Å². The highest BCUT2D eigenvalue weighted by Gasteiger charge is 2.11. The van der Waals surface area contributed by atoms with E-state index in [9.17, 15) is 13.6 Å². The molecule has 106 valence electrons. The Morgan fingerprint density at radius 3 is 2.68 bits per heavy atom. The van der Waals surface area contributed by atoms with Gasteiger partial charge in [-0.25, -0.2) is 8.78 Å². The summed E-state index contributed by atoms with van der Waals surface area (Å²) < 4.78 is 25.7. The molecule has 0 aliphatic heterocycles. The number of rotatable bonds is 6. The van der Waals surface area contributed by atoms with Crippen molar-refractivity contribution < 1.29 is 18.7 Å². The highest BCUT2D eigenvalue weighted by molar-refractivity contribution is 7.99. The van der Waals surface area contributed by atoms with Crippen LogP contribution in [0.4, 0.5) is 8.78 Å². The lowest BCUT2D eigenvalue weighted by molar-refractivity contribution is -0.130. The molecule has 0 fully saturated rings. The van der Waals surface area contributed by atoms with Crippen LogP contribution < -0.4 is 0 Å². The first-order valence-electron chi connectivity index (χ1n) is 5.90. The van der Waals surface area contributed by atoms with Gasteiger partial charge in [-0.05, 0) is 25.1 Å². The molecule has 0 saturated carbocycles.